The molecule has 0 bridgehead atoms. The summed E-state index contributed by atoms with van der Waals surface area (Å²) in [4.78, 5) is 15.1. The summed E-state index contributed by atoms with van der Waals surface area (Å²) in [6, 6.07) is 3.98. The van der Waals surface area contributed by atoms with Gasteiger partial charge in [-0.3, -0.25) is 5.32 Å². The molecular weight excluding hydrogens is 401 g/mol. The average Bonchev–Trinajstić information content (AvgIpc) is 2.53. The zero-order chi connectivity index (χ0) is 19.5. The summed E-state index contributed by atoms with van der Waals surface area (Å²) in [5.74, 6) is -0.640. The lowest BCUT2D eigenvalue weighted by Gasteiger charge is -2.23. The number of ether oxygens (including phenoxy) is 1. The Morgan fingerprint density at radius 3 is 2.58 bits per heavy atom. The van der Waals surface area contributed by atoms with Crippen molar-refractivity contribution in [2.75, 3.05) is 7.11 Å². The fourth-order valence-electron chi connectivity index (χ4n) is 1.83. The highest BCUT2D eigenvalue weighted by atomic mass is 35.5. The number of alkyl halides is 3. The van der Waals surface area contributed by atoms with E-state index in [4.69, 9.17) is 16.3 Å². The van der Waals surface area contributed by atoms with E-state index in [1.807, 2.05) is 10.6 Å². The number of allylic oxidation sites excluding steroid dienone is 1. The molecule has 0 spiro atoms. The number of methoxy groups -OCH3 is 1. The van der Waals surface area contributed by atoms with E-state index < -0.39 is 40.1 Å². The molecule has 1 aromatic carbocycles. The number of urea groups is 1. The quantitative estimate of drug-likeness (QED) is 0.700. The summed E-state index contributed by atoms with van der Waals surface area (Å²) >= 11 is 5.76. The van der Waals surface area contributed by atoms with E-state index in [1.54, 1.807) is 4.72 Å². The van der Waals surface area contributed by atoms with Gasteiger partial charge in [0.05, 0.1) is 5.02 Å². The number of carbonyl (C=O) groups is 1. The van der Waals surface area contributed by atoms with Crippen LogP contribution >= 0.6 is 11.6 Å². The first-order valence-corrected chi connectivity index (χ1v) is 8.64. The van der Waals surface area contributed by atoms with Crippen LogP contribution in [0, 0.1) is 0 Å². The van der Waals surface area contributed by atoms with Crippen molar-refractivity contribution in [3.05, 3.63) is 41.1 Å². The first-order valence-electron chi connectivity index (χ1n) is 6.78. The number of nitrogens with one attached hydrogen (secondary N) is 3. The molecule has 1 aromatic rings. The van der Waals surface area contributed by atoms with Crippen LogP contribution in [-0.4, -0.2) is 39.9 Å². The average molecular weight is 413 g/mol. The molecule has 13 heteroatoms. The Morgan fingerprint density at radius 2 is 2.00 bits per heavy atom. The molecule has 1 unspecified atom stereocenters. The second-order valence-corrected chi connectivity index (χ2v) is 6.86. The van der Waals surface area contributed by atoms with Crippen molar-refractivity contribution in [3.63, 3.8) is 0 Å². The Labute approximate surface area is 151 Å². The molecule has 2 amide bonds. The van der Waals surface area contributed by atoms with Gasteiger partial charge in [-0.15, -0.1) is 0 Å². The maximum absolute atomic E-state index is 12.8. The van der Waals surface area contributed by atoms with Crippen molar-refractivity contribution >= 4 is 33.6 Å². The normalized spacial score (nSPS) is 17.7. The van der Waals surface area contributed by atoms with Crippen molar-refractivity contribution in [1.82, 2.24) is 15.4 Å². The topological polar surface area (TPSA) is 109 Å². The summed E-state index contributed by atoms with van der Waals surface area (Å²) in [6.07, 6.45) is -5.41. The highest BCUT2D eigenvalue weighted by Crippen LogP contribution is 2.25. The van der Waals surface area contributed by atoms with Crippen molar-refractivity contribution in [2.45, 2.75) is 17.3 Å². The first-order chi connectivity index (χ1) is 12.0. The number of rotatable bonds is 3. The minimum atomic E-state index is -4.75. The molecule has 1 heterocycles. The summed E-state index contributed by atoms with van der Waals surface area (Å²) in [7, 11) is -3.23. The molecule has 0 aromatic heterocycles. The second-order valence-electron chi connectivity index (χ2n) is 4.80. The van der Waals surface area contributed by atoms with Crippen LogP contribution in [0.4, 0.5) is 18.0 Å². The zero-order valence-corrected chi connectivity index (χ0v) is 14.5. The number of halogens is 4. The van der Waals surface area contributed by atoms with Gasteiger partial charge in [0.25, 0.3) is 10.0 Å². The molecule has 8 nitrogen and oxygen atoms in total. The number of hydrogen-bond acceptors (Lipinski definition) is 6. The highest BCUT2D eigenvalue weighted by molar-refractivity contribution is 7.90. The largest absolute Gasteiger partial charge is 0.431 e. The number of sulfonamides is 1. The van der Waals surface area contributed by atoms with Crippen LogP contribution in [0.5, 0.6) is 0 Å². The minimum Gasteiger partial charge on any atom is -0.356 e. The molecule has 2 rings (SSSR count). The predicted molar refractivity (Wildman–Crippen MR) is 85.8 cm³/mol. The molecule has 26 heavy (non-hydrogen) atoms. The molecule has 0 aliphatic carbocycles. The van der Waals surface area contributed by atoms with E-state index in [1.165, 1.54) is 18.2 Å². The Kier molecular flexibility index (Phi) is 5.78. The van der Waals surface area contributed by atoms with Crippen molar-refractivity contribution in [3.8, 4) is 0 Å². The predicted octanol–water partition coefficient (Wildman–Crippen LogP) is 1.71. The third-order valence-electron chi connectivity index (χ3n) is 2.95. The van der Waals surface area contributed by atoms with Crippen LogP contribution in [0.15, 0.2) is 45.9 Å². The Morgan fingerprint density at radius 1 is 1.35 bits per heavy atom. The molecule has 1 atom stereocenters. The number of hydrogen-bond donors (Lipinski definition) is 3. The number of benzene rings is 1. The molecular formula is C13H12ClF3N4O4S. The van der Waals surface area contributed by atoms with Gasteiger partial charge in [-0.2, -0.15) is 13.2 Å². The third-order valence-corrected chi connectivity index (χ3v) is 4.78. The molecule has 1 aliphatic heterocycles. The third kappa shape index (κ3) is 4.86. The van der Waals surface area contributed by atoms with E-state index in [-0.39, 0.29) is 9.92 Å². The fourth-order valence-corrected chi connectivity index (χ4v) is 3.26. The number of nitrogens with zero attached hydrogens (tertiary/aromatic N) is 1. The smallest absolute Gasteiger partial charge is 0.356 e. The van der Waals surface area contributed by atoms with Gasteiger partial charge in [-0.1, -0.05) is 23.7 Å². The summed E-state index contributed by atoms with van der Waals surface area (Å²) in [6.45, 7) is 0. The summed E-state index contributed by atoms with van der Waals surface area (Å²) in [5.41, 5.74) is -1.22. The van der Waals surface area contributed by atoms with E-state index >= 15 is 0 Å². The summed E-state index contributed by atoms with van der Waals surface area (Å²) in [5, 5.41) is 3.58. The lowest BCUT2D eigenvalue weighted by molar-refractivity contribution is -0.0965. The molecule has 0 radical (unpaired) electrons. The number of carbonyl (C=O) groups excluding carboxylic acids is 1. The Balaban J connectivity index is 2.12. The molecule has 0 fully saturated rings. The zero-order valence-electron chi connectivity index (χ0n) is 13.0. The van der Waals surface area contributed by atoms with Crippen LogP contribution in [0.1, 0.15) is 0 Å². The molecule has 0 saturated heterocycles. The highest BCUT2D eigenvalue weighted by Gasteiger charge is 2.37. The Bertz CT molecular complexity index is 870. The summed E-state index contributed by atoms with van der Waals surface area (Å²) < 4.78 is 69.0. The Hall–Kier alpha value is -2.31. The minimum absolute atomic E-state index is 0.136. The van der Waals surface area contributed by atoms with Gasteiger partial charge in [0.15, 0.2) is 6.23 Å². The number of aliphatic imine (C=N–C) groups is 1. The van der Waals surface area contributed by atoms with Gasteiger partial charge in [0.1, 0.15) is 10.6 Å². The van der Waals surface area contributed by atoms with Gasteiger partial charge in [0, 0.05) is 7.11 Å². The maximum atomic E-state index is 12.8. The molecule has 3 N–H and O–H groups in total. The van der Waals surface area contributed by atoms with Gasteiger partial charge >= 0.3 is 12.2 Å². The van der Waals surface area contributed by atoms with Crippen LogP contribution in [-0.2, 0) is 14.8 Å². The van der Waals surface area contributed by atoms with E-state index in [2.05, 4.69) is 4.99 Å². The van der Waals surface area contributed by atoms with Crippen LogP contribution in [0.3, 0.4) is 0 Å². The van der Waals surface area contributed by atoms with Gasteiger partial charge in [0.2, 0.25) is 5.96 Å². The standard InChI is InChI=1S/C13H12ClF3N4O4S/c1-25-10-6-9(13(15,16)17)18-11(19-10)20-12(22)21-26(23,24)8-5-3-2-4-7(8)14/h2-6,10H,1H3,(H3,18,19,20,21,22). The molecule has 0 saturated carbocycles. The van der Waals surface area contributed by atoms with Gasteiger partial charge in [-0.25, -0.2) is 22.9 Å². The van der Waals surface area contributed by atoms with E-state index in [0.717, 1.165) is 13.2 Å². The van der Waals surface area contributed by atoms with Gasteiger partial charge < -0.3 is 10.1 Å². The second kappa shape index (κ2) is 7.51. The maximum Gasteiger partial charge on any atom is 0.431 e. The fraction of sp³-hybridized carbons (Fsp3) is 0.231. The van der Waals surface area contributed by atoms with Crippen molar-refractivity contribution in [2.24, 2.45) is 4.99 Å². The van der Waals surface area contributed by atoms with Crippen LogP contribution in [0.2, 0.25) is 5.02 Å². The number of amides is 2. The monoisotopic (exact) mass is 412 g/mol. The lowest BCUT2D eigenvalue weighted by Crippen LogP contribution is -2.50. The van der Waals surface area contributed by atoms with Gasteiger partial charge in [-0.05, 0) is 18.2 Å². The SMILES string of the molecule is COC1C=C(C(F)(F)F)NC(NC(=O)NS(=O)(=O)c2ccccc2Cl)=N1. The van der Waals surface area contributed by atoms with Crippen molar-refractivity contribution < 1.29 is 31.1 Å². The van der Waals surface area contributed by atoms with Crippen molar-refractivity contribution in [1.29, 1.82) is 0 Å². The lowest BCUT2D eigenvalue weighted by atomic mass is 10.3. The van der Waals surface area contributed by atoms with Crippen LogP contribution in [0.25, 0.3) is 0 Å². The van der Waals surface area contributed by atoms with E-state index in [0.29, 0.717) is 6.08 Å². The van der Waals surface area contributed by atoms with Crippen LogP contribution < -0.4 is 15.4 Å². The molecule has 1 aliphatic rings. The first kappa shape index (κ1) is 20.0. The molecule has 142 valence electrons. The van der Waals surface area contributed by atoms with E-state index in [9.17, 15) is 26.4 Å². The number of guanidine groups is 1.